The first-order chi connectivity index (χ1) is 16.3. The molecule has 2 atom stereocenters. The minimum Gasteiger partial charge on any atom is -0.493 e. The molecule has 1 fully saturated rings. The van der Waals surface area contributed by atoms with E-state index in [1.54, 1.807) is 0 Å². The van der Waals surface area contributed by atoms with E-state index < -0.39 is 0 Å². The SMILES string of the molecule is CCOc1ccccc1-c1cccc([C@H]2CCNC[C@@H]2OCc2ccc3ccccc3c2)c1. The van der Waals surface area contributed by atoms with Crippen molar-refractivity contribution in [3.05, 3.63) is 102 Å². The summed E-state index contributed by atoms with van der Waals surface area (Å²) in [5, 5.41) is 6.06. The molecular formula is C30H31NO2. The molecule has 3 nitrogen and oxygen atoms in total. The van der Waals surface area contributed by atoms with Gasteiger partial charge >= 0.3 is 0 Å². The lowest BCUT2D eigenvalue weighted by Gasteiger charge is -2.33. The highest BCUT2D eigenvalue weighted by Gasteiger charge is 2.27. The molecule has 1 N–H and O–H groups in total. The van der Waals surface area contributed by atoms with Crippen molar-refractivity contribution in [2.45, 2.75) is 32.0 Å². The van der Waals surface area contributed by atoms with E-state index in [-0.39, 0.29) is 6.10 Å². The minimum absolute atomic E-state index is 0.141. The van der Waals surface area contributed by atoms with Gasteiger partial charge < -0.3 is 14.8 Å². The molecule has 0 spiro atoms. The number of nitrogens with one attached hydrogen (secondary N) is 1. The molecule has 5 rings (SSSR count). The van der Waals surface area contributed by atoms with Gasteiger partial charge in [0.1, 0.15) is 5.75 Å². The Labute approximate surface area is 196 Å². The van der Waals surface area contributed by atoms with Gasteiger partial charge in [0.15, 0.2) is 0 Å². The lowest BCUT2D eigenvalue weighted by molar-refractivity contribution is 0.0107. The quantitative estimate of drug-likeness (QED) is 0.355. The van der Waals surface area contributed by atoms with Crippen LogP contribution in [0.1, 0.15) is 30.4 Å². The number of ether oxygens (including phenoxy) is 2. The minimum atomic E-state index is 0.141. The van der Waals surface area contributed by atoms with Gasteiger partial charge in [0.25, 0.3) is 0 Å². The Morgan fingerprint density at radius 1 is 0.848 bits per heavy atom. The summed E-state index contributed by atoms with van der Waals surface area (Å²) < 4.78 is 12.4. The molecule has 168 valence electrons. The Balaban J connectivity index is 1.36. The number of rotatable bonds is 7. The lowest BCUT2D eigenvalue weighted by Crippen LogP contribution is -2.41. The number of hydrogen-bond acceptors (Lipinski definition) is 3. The maximum atomic E-state index is 6.51. The van der Waals surface area contributed by atoms with Gasteiger partial charge in [-0.05, 0) is 59.5 Å². The zero-order valence-corrected chi connectivity index (χ0v) is 19.2. The van der Waals surface area contributed by atoms with Gasteiger partial charge in [-0.3, -0.25) is 0 Å². The van der Waals surface area contributed by atoms with E-state index in [1.807, 2.05) is 19.1 Å². The fourth-order valence-electron chi connectivity index (χ4n) is 4.84. The van der Waals surface area contributed by atoms with Crippen LogP contribution in [0.2, 0.25) is 0 Å². The van der Waals surface area contributed by atoms with Gasteiger partial charge in [-0.25, -0.2) is 0 Å². The van der Waals surface area contributed by atoms with E-state index in [1.165, 1.54) is 27.5 Å². The third-order valence-electron chi connectivity index (χ3n) is 6.52. The summed E-state index contributed by atoms with van der Waals surface area (Å²) in [6.07, 6.45) is 1.21. The topological polar surface area (TPSA) is 30.5 Å². The molecule has 1 saturated heterocycles. The molecule has 4 aromatic carbocycles. The van der Waals surface area contributed by atoms with Crippen molar-refractivity contribution in [2.75, 3.05) is 19.7 Å². The third-order valence-corrected chi connectivity index (χ3v) is 6.52. The number of benzene rings is 4. The van der Waals surface area contributed by atoms with Crippen LogP contribution in [0.25, 0.3) is 21.9 Å². The maximum absolute atomic E-state index is 6.51. The summed E-state index contributed by atoms with van der Waals surface area (Å²) in [7, 11) is 0. The van der Waals surface area contributed by atoms with Gasteiger partial charge in [0.2, 0.25) is 0 Å². The molecule has 4 aromatic rings. The first kappa shape index (κ1) is 21.7. The number of para-hydroxylation sites is 1. The molecule has 0 aromatic heterocycles. The second kappa shape index (κ2) is 10.2. The van der Waals surface area contributed by atoms with E-state index in [9.17, 15) is 0 Å². The van der Waals surface area contributed by atoms with E-state index in [2.05, 4.69) is 84.2 Å². The van der Waals surface area contributed by atoms with Gasteiger partial charge in [-0.1, -0.05) is 78.9 Å². The van der Waals surface area contributed by atoms with E-state index >= 15 is 0 Å². The monoisotopic (exact) mass is 437 g/mol. The Hall–Kier alpha value is -3.14. The van der Waals surface area contributed by atoms with Crippen LogP contribution in [-0.2, 0) is 11.3 Å². The summed E-state index contributed by atoms with van der Waals surface area (Å²) in [5.41, 5.74) is 4.90. The summed E-state index contributed by atoms with van der Waals surface area (Å²) in [6, 6.07) is 32.3. The second-order valence-corrected chi connectivity index (χ2v) is 8.68. The average molecular weight is 438 g/mol. The molecule has 0 radical (unpaired) electrons. The fraction of sp³-hybridized carbons (Fsp3) is 0.267. The predicted octanol–water partition coefficient (Wildman–Crippen LogP) is 6.57. The number of fused-ring (bicyclic) bond motifs is 1. The zero-order valence-electron chi connectivity index (χ0n) is 19.2. The van der Waals surface area contributed by atoms with Crippen molar-refractivity contribution in [2.24, 2.45) is 0 Å². The standard InChI is InChI=1S/C30H31NO2/c1-2-32-29-13-6-5-12-27(29)25-10-7-11-26(19-25)28-16-17-31-20-30(28)33-21-22-14-15-23-8-3-4-9-24(23)18-22/h3-15,18-19,28,30-31H,2,16-17,20-21H2,1H3/t28-,30+/m1/s1. The Morgan fingerprint density at radius 3 is 2.61 bits per heavy atom. The highest BCUT2D eigenvalue weighted by atomic mass is 16.5. The summed E-state index contributed by atoms with van der Waals surface area (Å²) in [6.45, 7) is 5.20. The van der Waals surface area contributed by atoms with E-state index in [4.69, 9.17) is 9.47 Å². The number of piperidine rings is 1. The van der Waals surface area contributed by atoms with Crippen molar-refractivity contribution >= 4 is 10.8 Å². The van der Waals surface area contributed by atoms with Crippen LogP contribution in [0.15, 0.2) is 91.0 Å². The third kappa shape index (κ3) is 4.95. The Morgan fingerprint density at radius 2 is 1.70 bits per heavy atom. The van der Waals surface area contributed by atoms with Crippen molar-refractivity contribution in [1.82, 2.24) is 5.32 Å². The Kier molecular flexibility index (Phi) is 6.71. The molecule has 0 unspecified atom stereocenters. The van der Waals surface area contributed by atoms with Gasteiger partial charge in [-0.15, -0.1) is 0 Å². The van der Waals surface area contributed by atoms with E-state index in [0.717, 1.165) is 30.8 Å². The first-order valence-electron chi connectivity index (χ1n) is 11.9. The van der Waals surface area contributed by atoms with Crippen LogP contribution in [0.3, 0.4) is 0 Å². The summed E-state index contributed by atoms with van der Waals surface area (Å²) >= 11 is 0. The van der Waals surface area contributed by atoms with Gasteiger partial charge in [-0.2, -0.15) is 0 Å². The van der Waals surface area contributed by atoms with Crippen LogP contribution in [0.5, 0.6) is 5.75 Å². The van der Waals surface area contributed by atoms with Crippen LogP contribution < -0.4 is 10.1 Å². The van der Waals surface area contributed by atoms with Crippen LogP contribution in [-0.4, -0.2) is 25.8 Å². The van der Waals surface area contributed by atoms with Crippen LogP contribution >= 0.6 is 0 Å². The molecule has 0 amide bonds. The Bertz CT molecular complexity index is 1220. The van der Waals surface area contributed by atoms with Gasteiger partial charge in [0, 0.05) is 18.0 Å². The van der Waals surface area contributed by atoms with Gasteiger partial charge in [0.05, 0.1) is 19.3 Å². The van der Waals surface area contributed by atoms with Crippen LogP contribution in [0, 0.1) is 0 Å². The fourth-order valence-corrected chi connectivity index (χ4v) is 4.84. The van der Waals surface area contributed by atoms with E-state index in [0.29, 0.717) is 19.1 Å². The molecule has 0 saturated carbocycles. The highest BCUT2D eigenvalue weighted by Crippen LogP contribution is 2.34. The highest BCUT2D eigenvalue weighted by molar-refractivity contribution is 5.83. The molecule has 0 bridgehead atoms. The molecular weight excluding hydrogens is 406 g/mol. The van der Waals surface area contributed by atoms with Crippen molar-refractivity contribution in [3.8, 4) is 16.9 Å². The number of hydrogen-bond donors (Lipinski definition) is 1. The molecule has 0 aliphatic carbocycles. The molecule has 33 heavy (non-hydrogen) atoms. The average Bonchev–Trinajstić information content (AvgIpc) is 2.88. The second-order valence-electron chi connectivity index (χ2n) is 8.68. The smallest absolute Gasteiger partial charge is 0.127 e. The lowest BCUT2D eigenvalue weighted by atomic mass is 9.86. The van der Waals surface area contributed by atoms with Crippen molar-refractivity contribution in [1.29, 1.82) is 0 Å². The molecule has 1 aliphatic rings. The normalized spacial score (nSPS) is 18.3. The van der Waals surface area contributed by atoms with Crippen molar-refractivity contribution < 1.29 is 9.47 Å². The summed E-state index contributed by atoms with van der Waals surface area (Å²) in [5.74, 6) is 1.30. The molecule has 3 heteroatoms. The summed E-state index contributed by atoms with van der Waals surface area (Å²) in [4.78, 5) is 0. The molecule has 1 aliphatic heterocycles. The largest absolute Gasteiger partial charge is 0.493 e. The van der Waals surface area contributed by atoms with Crippen LogP contribution in [0.4, 0.5) is 0 Å². The predicted molar refractivity (Wildman–Crippen MR) is 136 cm³/mol. The molecule has 1 heterocycles. The van der Waals surface area contributed by atoms with Crippen molar-refractivity contribution in [3.63, 3.8) is 0 Å². The zero-order chi connectivity index (χ0) is 22.5. The first-order valence-corrected chi connectivity index (χ1v) is 11.9. The maximum Gasteiger partial charge on any atom is 0.127 e.